The maximum Gasteiger partial charge on any atom is 0.210 e. The first-order chi connectivity index (χ1) is 11.2. The topological polar surface area (TPSA) is 39.1 Å². The molecule has 0 unspecified atom stereocenters. The van der Waals surface area contributed by atoms with Crippen LogP contribution in [0.4, 0.5) is 0 Å². The summed E-state index contributed by atoms with van der Waals surface area (Å²) in [4.78, 5) is 26.0. The van der Waals surface area contributed by atoms with Crippen LogP contribution in [0.2, 0.25) is 0 Å². The number of rotatable bonds is 3. The van der Waals surface area contributed by atoms with Crippen molar-refractivity contribution < 1.29 is 9.59 Å². The summed E-state index contributed by atoms with van der Waals surface area (Å²) in [6.45, 7) is 2.88. The van der Waals surface area contributed by atoms with Gasteiger partial charge in [0.25, 0.3) is 0 Å². The van der Waals surface area contributed by atoms with Gasteiger partial charge in [0.2, 0.25) is 5.78 Å². The lowest BCUT2D eigenvalue weighted by Gasteiger charge is -2.17. The number of hydrogen-bond donors (Lipinski definition) is 0. The first-order valence-electron chi connectivity index (χ1n) is 8.03. The maximum atomic E-state index is 13.0. The highest BCUT2D eigenvalue weighted by atomic mass is 16.1. The summed E-state index contributed by atoms with van der Waals surface area (Å²) < 4.78 is 2.03. The van der Waals surface area contributed by atoms with E-state index in [0.29, 0.717) is 22.4 Å². The van der Waals surface area contributed by atoms with E-state index in [9.17, 15) is 9.59 Å². The number of fused-ring (bicyclic) bond motifs is 4. The van der Waals surface area contributed by atoms with Crippen molar-refractivity contribution in [3.63, 3.8) is 0 Å². The monoisotopic (exact) mass is 303 g/mol. The van der Waals surface area contributed by atoms with E-state index in [0.717, 1.165) is 30.3 Å². The van der Waals surface area contributed by atoms with Gasteiger partial charge in [0.15, 0.2) is 5.78 Å². The largest absolute Gasteiger partial charge is 0.337 e. The maximum absolute atomic E-state index is 13.0. The molecule has 0 saturated carbocycles. The van der Waals surface area contributed by atoms with Gasteiger partial charge >= 0.3 is 0 Å². The van der Waals surface area contributed by atoms with E-state index < -0.39 is 0 Å². The minimum absolute atomic E-state index is 0.0393. The van der Waals surface area contributed by atoms with Crippen LogP contribution < -0.4 is 0 Å². The summed E-state index contributed by atoms with van der Waals surface area (Å²) in [7, 11) is 0. The number of aryl methyl sites for hydroxylation is 1. The molecule has 0 atom stereocenters. The predicted molar refractivity (Wildman–Crippen MR) is 90.2 cm³/mol. The molecule has 2 aromatic carbocycles. The van der Waals surface area contributed by atoms with Crippen molar-refractivity contribution in [1.29, 1.82) is 0 Å². The molecule has 1 aliphatic rings. The van der Waals surface area contributed by atoms with Crippen LogP contribution in [-0.2, 0) is 6.54 Å². The molecule has 0 fully saturated rings. The molecule has 23 heavy (non-hydrogen) atoms. The summed E-state index contributed by atoms with van der Waals surface area (Å²) in [6, 6.07) is 14.9. The average molecular weight is 303 g/mol. The second-order valence-corrected chi connectivity index (χ2v) is 5.95. The Bertz CT molecular complexity index is 949. The second kappa shape index (κ2) is 5.20. The lowest BCUT2D eigenvalue weighted by Crippen LogP contribution is -2.23. The summed E-state index contributed by atoms with van der Waals surface area (Å²) in [5.41, 5.74) is 3.14. The fraction of sp³-hybridized carbons (Fsp3) is 0.200. The standard InChI is InChI=1S/C20H17NO2/c1-2-3-12-21-16-11-7-6-10-15(16)17-18(21)20(23)14-9-5-4-8-13(14)19(17)22/h4-11H,2-3,12H2,1H3. The third-order valence-corrected chi connectivity index (χ3v) is 4.56. The fourth-order valence-corrected chi connectivity index (χ4v) is 3.46. The van der Waals surface area contributed by atoms with Crippen molar-refractivity contribution >= 4 is 22.5 Å². The molecule has 3 aromatic rings. The van der Waals surface area contributed by atoms with Gasteiger partial charge in [-0.15, -0.1) is 0 Å². The molecule has 114 valence electrons. The molecule has 0 aliphatic heterocycles. The Morgan fingerprint density at radius 1 is 0.870 bits per heavy atom. The SMILES string of the molecule is CCCCn1c2c(c3ccccc31)C(=O)c1ccccc1C2=O. The van der Waals surface area contributed by atoms with Gasteiger partial charge < -0.3 is 4.57 Å². The molecule has 0 amide bonds. The number of carbonyl (C=O) groups excluding carboxylic acids is 2. The summed E-state index contributed by atoms with van der Waals surface area (Å²) in [6.07, 6.45) is 2.02. The van der Waals surface area contributed by atoms with Crippen LogP contribution in [0.25, 0.3) is 10.9 Å². The molecule has 0 N–H and O–H groups in total. The van der Waals surface area contributed by atoms with Crippen LogP contribution in [0, 0.1) is 0 Å². The molecule has 0 spiro atoms. The zero-order valence-electron chi connectivity index (χ0n) is 13.0. The number of unbranched alkanes of at least 4 members (excludes halogenated alkanes) is 1. The minimum atomic E-state index is -0.0401. The summed E-state index contributed by atoms with van der Waals surface area (Å²) in [5.74, 6) is -0.0795. The number of hydrogen-bond acceptors (Lipinski definition) is 2. The normalized spacial score (nSPS) is 13.3. The van der Waals surface area contributed by atoms with Crippen LogP contribution in [0.3, 0.4) is 0 Å². The third-order valence-electron chi connectivity index (χ3n) is 4.56. The molecule has 3 heteroatoms. The van der Waals surface area contributed by atoms with Crippen molar-refractivity contribution in [2.24, 2.45) is 0 Å². The number of benzene rings is 2. The molecule has 4 rings (SSSR count). The molecule has 0 saturated heterocycles. The fourth-order valence-electron chi connectivity index (χ4n) is 3.46. The van der Waals surface area contributed by atoms with Gasteiger partial charge in [-0.25, -0.2) is 0 Å². The molecule has 0 bridgehead atoms. The van der Waals surface area contributed by atoms with Crippen molar-refractivity contribution in [3.8, 4) is 0 Å². The van der Waals surface area contributed by atoms with Crippen molar-refractivity contribution in [1.82, 2.24) is 4.57 Å². The number of carbonyl (C=O) groups is 2. The van der Waals surface area contributed by atoms with Crippen LogP contribution in [-0.4, -0.2) is 16.1 Å². The van der Waals surface area contributed by atoms with Gasteiger partial charge in [-0.1, -0.05) is 55.8 Å². The Morgan fingerprint density at radius 2 is 1.52 bits per heavy atom. The first kappa shape index (κ1) is 13.9. The minimum Gasteiger partial charge on any atom is -0.337 e. The van der Waals surface area contributed by atoms with Crippen LogP contribution >= 0.6 is 0 Å². The molecular formula is C20H17NO2. The third kappa shape index (κ3) is 1.89. The van der Waals surface area contributed by atoms with Crippen molar-refractivity contribution in [2.75, 3.05) is 0 Å². The number of ketones is 2. The van der Waals surface area contributed by atoms with Gasteiger partial charge in [0.05, 0.1) is 5.56 Å². The highest BCUT2D eigenvalue weighted by Gasteiger charge is 2.34. The van der Waals surface area contributed by atoms with Crippen LogP contribution in [0.1, 0.15) is 51.7 Å². The van der Waals surface area contributed by atoms with E-state index >= 15 is 0 Å². The Hall–Kier alpha value is -2.68. The molecule has 0 radical (unpaired) electrons. The molecular weight excluding hydrogens is 286 g/mol. The summed E-state index contributed by atoms with van der Waals surface area (Å²) >= 11 is 0. The van der Waals surface area contributed by atoms with Gasteiger partial charge in [-0.2, -0.15) is 0 Å². The zero-order chi connectivity index (χ0) is 16.0. The molecule has 1 heterocycles. The van der Waals surface area contributed by atoms with E-state index in [1.54, 1.807) is 12.1 Å². The predicted octanol–water partition coefficient (Wildman–Crippen LogP) is 4.22. The second-order valence-electron chi connectivity index (χ2n) is 5.95. The number of para-hydroxylation sites is 1. The Morgan fingerprint density at radius 3 is 2.26 bits per heavy atom. The summed E-state index contributed by atoms with van der Waals surface area (Å²) in [5, 5.41) is 0.881. The quantitative estimate of drug-likeness (QED) is 0.568. The van der Waals surface area contributed by atoms with Crippen LogP contribution in [0.15, 0.2) is 48.5 Å². The van der Waals surface area contributed by atoms with Crippen LogP contribution in [0.5, 0.6) is 0 Å². The Balaban J connectivity index is 2.06. The van der Waals surface area contributed by atoms with E-state index in [2.05, 4.69) is 6.92 Å². The Kier molecular flexibility index (Phi) is 3.15. The highest BCUT2D eigenvalue weighted by Crippen LogP contribution is 2.35. The van der Waals surface area contributed by atoms with E-state index in [-0.39, 0.29) is 11.6 Å². The van der Waals surface area contributed by atoms with Crippen molar-refractivity contribution in [2.45, 2.75) is 26.3 Å². The molecule has 1 aromatic heterocycles. The lowest BCUT2D eigenvalue weighted by molar-refractivity contribution is 0.0974. The van der Waals surface area contributed by atoms with Gasteiger partial charge in [-0.3, -0.25) is 9.59 Å². The molecule has 3 nitrogen and oxygen atoms in total. The van der Waals surface area contributed by atoms with Gasteiger partial charge in [-0.05, 0) is 12.5 Å². The average Bonchev–Trinajstić information content (AvgIpc) is 2.93. The highest BCUT2D eigenvalue weighted by molar-refractivity contribution is 6.32. The molecule has 1 aliphatic carbocycles. The van der Waals surface area contributed by atoms with E-state index in [4.69, 9.17) is 0 Å². The van der Waals surface area contributed by atoms with Gasteiger partial charge in [0.1, 0.15) is 5.69 Å². The zero-order valence-corrected chi connectivity index (χ0v) is 13.0. The first-order valence-corrected chi connectivity index (χ1v) is 8.03. The lowest BCUT2D eigenvalue weighted by atomic mass is 9.87. The van der Waals surface area contributed by atoms with Crippen molar-refractivity contribution in [3.05, 3.63) is 70.9 Å². The Labute approximate surface area is 134 Å². The smallest absolute Gasteiger partial charge is 0.210 e. The van der Waals surface area contributed by atoms with E-state index in [1.807, 2.05) is 41.0 Å². The van der Waals surface area contributed by atoms with E-state index in [1.165, 1.54) is 0 Å². The van der Waals surface area contributed by atoms with Gasteiger partial charge in [0, 0.05) is 28.6 Å². The number of nitrogens with zero attached hydrogens (tertiary/aromatic N) is 1. The number of aromatic nitrogens is 1.